The Morgan fingerprint density at radius 3 is 2.00 bits per heavy atom. The van der Waals surface area contributed by atoms with Gasteiger partial charge in [0.1, 0.15) is 0 Å². The van der Waals surface area contributed by atoms with E-state index >= 15 is 0 Å². The molecule has 0 saturated carbocycles. The van der Waals surface area contributed by atoms with E-state index in [4.69, 9.17) is 5.73 Å². The molecule has 2 N–H and O–H groups in total. The van der Waals surface area contributed by atoms with Crippen molar-refractivity contribution in [1.29, 1.82) is 0 Å². The van der Waals surface area contributed by atoms with E-state index in [9.17, 15) is 0 Å². The van der Waals surface area contributed by atoms with Gasteiger partial charge in [0.25, 0.3) is 0 Å². The zero-order chi connectivity index (χ0) is 13.9. The first-order valence-corrected chi connectivity index (χ1v) is 6.75. The quantitative estimate of drug-likeness (QED) is 0.833. The van der Waals surface area contributed by atoms with Crippen LogP contribution < -0.4 is 5.73 Å². The fourth-order valence-corrected chi connectivity index (χ4v) is 2.15. The summed E-state index contributed by atoms with van der Waals surface area (Å²) >= 11 is 0. The number of rotatable bonds is 4. The molecule has 0 radical (unpaired) electrons. The van der Waals surface area contributed by atoms with Crippen molar-refractivity contribution in [1.82, 2.24) is 0 Å². The predicted molar refractivity (Wildman–Crippen MR) is 81.9 cm³/mol. The summed E-state index contributed by atoms with van der Waals surface area (Å²) < 4.78 is 0. The molecule has 0 fully saturated rings. The lowest BCUT2D eigenvalue weighted by molar-refractivity contribution is 0.482. The average Bonchev–Trinajstić information content (AvgIpc) is 2.24. The van der Waals surface area contributed by atoms with Gasteiger partial charge in [0, 0.05) is 5.54 Å². The third kappa shape index (κ3) is 3.99. The van der Waals surface area contributed by atoms with E-state index in [0.29, 0.717) is 0 Å². The van der Waals surface area contributed by atoms with Crippen LogP contribution in [0.15, 0.2) is 12.1 Å². The Kier molecular flexibility index (Phi) is 4.75. The Labute approximate surface area is 112 Å². The summed E-state index contributed by atoms with van der Waals surface area (Å²) in [5, 5.41) is 0. The Hall–Kier alpha value is -1.08. The molecule has 0 saturated heterocycles. The summed E-state index contributed by atoms with van der Waals surface area (Å²) in [6.45, 7) is 12.9. The second-order valence-electron chi connectivity index (χ2n) is 6.10. The molecule has 1 heteroatoms. The van der Waals surface area contributed by atoms with E-state index in [2.05, 4.69) is 59.8 Å². The summed E-state index contributed by atoms with van der Waals surface area (Å²) in [5.41, 5.74) is 12.8. The van der Waals surface area contributed by atoms with Crippen LogP contribution in [0.2, 0.25) is 0 Å². The number of aryl methyl sites for hydroxylation is 2. The molecule has 0 amide bonds. The van der Waals surface area contributed by atoms with Gasteiger partial charge < -0.3 is 5.73 Å². The number of allylic oxidation sites excluding steroid dienone is 1. The highest BCUT2D eigenvalue weighted by atomic mass is 14.7. The molecular weight excluding hydrogens is 218 g/mol. The first-order valence-electron chi connectivity index (χ1n) is 6.75. The molecule has 0 aliphatic rings. The first-order chi connectivity index (χ1) is 8.22. The Morgan fingerprint density at radius 1 is 1.06 bits per heavy atom. The van der Waals surface area contributed by atoms with Crippen LogP contribution >= 0.6 is 0 Å². The van der Waals surface area contributed by atoms with Crippen molar-refractivity contribution in [2.24, 2.45) is 5.73 Å². The molecule has 0 unspecified atom stereocenters. The van der Waals surface area contributed by atoms with Gasteiger partial charge in [0.15, 0.2) is 0 Å². The van der Waals surface area contributed by atoms with E-state index in [1.54, 1.807) is 0 Å². The van der Waals surface area contributed by atoms with Crippen molar-refractivity contribution in [3.8, 4) is 0 Å². The minimum absolute atomic E-state index is 0.0725. The minimum Gasteiger partial charge on any atom is -0.326 e. The van der Waals surface area contributed by atoms with Crippen LogP contribution in [0.4, 0.5) is 0 Å². The molecule has 1 aromatic carbocycles. The smallest absolute Gasteiger partial charge is 0.01000 e. The highest BCUT2D eigenvalue weighted by Crippen LogP contribution is 2.23. The van der Waals surface area contributed by atoms with Gasteiger partial charge in [-0.15, -0.1) is 0 Å². The average molecular weight is 245 g/mol. The van der Waals surface area contributed by atoms with Crippen LogP contribution in [0.5, 0.6) is 0 Å². The highest BCUT2D eigenvalue weighted by Gasteiger charge is 2.08. The molecule has 0 atom stereocenters. The lowest BCUT2D eigenvalue weighted by Gasteiger charge is -2.16. The lowest BCUT2D eigenvalue weighted by Crippen LogP contribution is -2.31. The molecule has 18 heavy (non-hydrogen) atoms. The number of nitrogens with two attached hydrogens (primary N) is 1. The summed E-state index contributed by atoms with van der Waals surface area (Å²) in [7, 11) is 0. The Balaban J connectivity index is 2.88. The van der Waals surface area contributed by atoms with E-state index in [1.165, 1.54) is 27.8 Å². The van der Waals surface area contributed by atoms with Gasteiger partial charge >= 0.3 is 0 Å². The molecule has 100 valence electrons. The summed E-state index contributed by atoms with van der Waals surface area (Å²) in [6.07, 6.45) is 6.57. The SMILES string of the molecule is Cc1cc(C)c(C)c(/C=C/CCC(C)(C)N)c1C. The predicted octanol–water partition coefficient (Wildman–Crippen LogP) is 4.45. The van der Waals surface area contributed by atoms with Crippen molar-refractivity contribution < 1.29 is 0 Å². The third-order valence-electron chi connectivity index (χ3n) is 3.66. The van der Waals surface area contributed by atoms with Crippen LogP contribution in [-0.4, -0.2) is 5.54 Å². The number of hydrogen-bond acceptors (Lipinski definition) is 1. The van der Waals surface area contributed by atoms with Crippen molar-refractivity contribution >= 4 is 6.08 Å². The van der Waals surface area contributed by atoms with Crippen LogP contribution in [0.25, 0.3) is 6.08 Å². The summed E-state index contributed by atoms with van der Waals surface area (Å²) in [6, 6.07) is 2.27. The monoisotopic (exact) mass is 245 g/mol. The molecule has 0 heterocycles. The van der Waals surface area contributed by atoms with Crippen molar-refractivity contribution in [2.75, 3.05) is 0 Å². The summed E-state index contributed by atoms with van der Waals surface area (Å²) in [4.78, 5) is 0. The highest BCUT2D eigenvalue weighted by molar-refractivity contribution is 5.61. The van der Waals surface area contributed by atoms with Crippen LogP contribution in [0.1, 0.15) is 54.5 Å². The maximum Gasteiger partial charge on any atom is 0.01000 e. The van der Waals surface area contributed by atoms with Gasteiger partial charge in [-0.05, 0) is 82.2 Å². The molecule has 0 bridgehead atoms. The normalized spacial score (nSPS) is 12.4. The maximum absolute atomic E-state index is 5.99. The van der Waals surface area contributed by atoms with Crippen molar-refractivity contribution in [3.63, 3.8) is 0 Å². The lowest BCUT2D eigenvalue weighted by atomic mass is 9.93. The van der Waals surface area contributed by atoms with Crippen LogP contribution in [-0.2, 0) is 0 Å². The Morgan fingerprint density at radius 2 is 1.56 bits per heavy atom. The molecule has 1 rings (SSSR count). The molecular formula is C17H27N. The third-order valence-corrected chi connectivity index (χ3v) is 3.66. The van der Waals surface area contributed by atoms with Crippen LogP contribution in [0.3, 0.4) is 0 Å². The second kappa shape index (κ2) is 5.71. The minimum atomic E-state index is -0.0725. The topological polar surface area (TPSA) is 26.0 Å². The van der Waals surface area contributed by atoms with E-state index < -0.39 is 0 Å². The van der Waals surface area contributed by atoms with Gasteiger partial charge in [-0.2, -0.15) is 0 Å². The standard InChI is InChI=1S/C17H27N/c1-12-11-13(2)15(4)16(14(12)3)9-7-8-10-17(5,6)18/h7,9,11H,8,10,18H2,1-6H3/b9-7+. The fraction of sp³-hybridized carbons (Fsp3) is 0.529. The largest absolute Gasteiger partial charge is 0.326 e. The zero-order valence-electron chi connectivity index (χ0n) is 12.7. The Bertz CT molecular complexity index is 421. The molecule has 0 spiro atoms. The summed E-state index contributed by atoms with van der Waals surface area (Å²) in [5.74, 6) is 0. The molecule has 1 aromatic rings. The number of benzene rings is 1. The van der Waals surface area contributed by atoms with E-state index in [1.807, 2.05) is 0 Å². The van der Waals surface area contributed by atoms with Gasteiger partial charge in [-0.25, -0.2) is 0 Å². The zero-order valence-corrected chi connectivity index (χ0v) is 12.7. The molecule has 1 nitrogen and oxygen atoms in total. The molecule has 0 aromatic heterocycles. The van der Waals surface area contributed by atoms with E-state index in [0.717, 1.165) is 12.8 Å². The van der Waals surface area contributed by atoms with Crippen molar-refractivity contribution in [3.05, 3.63) is 40.0 Å². The van der Waals surface area contributed by atoms with Gasteiger partial charge in [-0.1, -0.05) is 18.2 Å². The molecule has 0 aliphatic carbocycles. The van der Waals surface area contributed by atoms with Crippen LogP contribution in [0, 0.1) is 27.7 Å². The van der Waals surface area contributed by atoms with Gasteiger partial charge in [-0.3, -0.25) is 0 Å². The number of hydrogen-bond donors (Lipinski definition) is 1. The van der Waals surface area contributed by atoms with Gasteiger partial charge in [0.05, 0.1) is 0 Å². The van der Waals surface area contributed by atoms with Gasteiger partial charge in [0.2, 0.25) is 0 Å². The first kappa shape index (κ1) is 15.0. The fourth-order valence-electron chi connectivity index (χ4n) is 2.15. The second-order valence-corrected chi connectivity index (χ2v) is 6.10. The van der Waals surface area contributed by atoms with Crippen molar-refractivity contribution in [2.45, 2.75) is 59.9 Å². The molecule has 0 aliphatic heterocycles. The van der Waals surface area contributed by atoms with E-state index in [-0.39, 0.29) is 5.54 Å². The maximum atomic E-state index is 5.99.